The molecule has 0 saturated carbocycles. The van der Waals surface area contributed by atoms with Crippen LogP contribution in [0.25, 0.3) is 0 Å². The number of hydrogen-bond acceptors (Lipinski definition) is 0. The molecule has 0 aliphatic carbocycles. The van der Waals surface area contributed by atoms with Gasteiger partial charge in [0, 0.05) is 0 Å². The third-order valence-electron chi connectivity index (χ3n) is 11.3. The summed E-state index contributed by atoms with van der Waals surface area (Å²) in [6.45, 7) is 7.02. The van der Waals surface area contributed by atoms with Crippen LogP contribution in [0.3, 0.4) is 0 Å². The Morgan fingerprint density at radius 1 is 0.320 bits per heavy atom. The molecule has 1 rings (SSSR count). The average molecular weight is 766 g/mol. The standard InChI is InChI=1S/C47H93N2.BrH/c1-3-5-7-9-11-13-15-17-19-21-23-25-27-29-31-33-35-37-39-41-43-48-45-46-49(47-48)44-42-40-38-36-34-32-30-28-26-24-22-20-18-16-14-12-10-8-6-4-2;/h45-47H,3-44H2,1-2H3;1H/q+1;/p-1. The molecule has 0 saturated heterocycles. The minimum absolute atomic E-state index is 0. The van der Waals surface area contributed by atoms with Crippen LogP contribution in [0, 0.1) is 0 Å². The van der Waals surface area contributed by atoms with Crippen LogP contribution in [0.1, 0.15) is 271 Å². The second-order valence-electron chi connectivity index (χ2n) is 16.3. The smallest absolute Gasteiger partial charge is 0.243 e. The van der Waals surface area contributed by atoms with E-state index in [-0.39, 0.29) is 17.0 Å². The maximum absolute atomic E-state index is 2.42. The zero-order chi connectivity index (χ0) is 35.0. The minimum atomic E-state index is 0. The molecule has 3 heteroatoms. The topological polar surface area (TPSA) is 8.81 Å². The maximum atomic E-state index is 2.42. The third-order valence-corrected chi connectivity index (χ3v) is 11.3. The Labute approximate surface area is 327 Å². The highest BCUT2D eigenvalue weighted by Gasteiger charge is 2.04. The largest absolute Gasteiger partial charge is 1.00 e. The fourth-order valence-corrected chi connectivity index (χ4v) is 7.80. The van der Waals surface area contributed by atoms with Gasteiger partial charge in [-0.05, 0) is 25.7 Å². The van der Waals surface area contributed by atoms with E-state index in [1.165, 1.54) is 270 Å². The first-order chi connectivity index (χ1) is 24.4. The lowest BCUT2D eigenvalue weighted by Crippen LogP contribution is -3.00. The van der Waals surface area contributed by atoms with Crippen molar-refractivity contribution >= 4 is 0 Å². The predicted molar refractivity (Wildman–Crippen MR) is 221 cm³/mol. The van der Waals surface area contributed by atoms with Crippen molar-refractivity contribution in [2.24, 2.45) is 0 Å². The number of rotatable bonds is 42. The molecule has 0 unspecified atom stereocenters. The molecule has 50 heavy (non-hydrogen) atoms. The van der Waals surface area contributed by atoms with Crippen LogP contribution in [0.15, 0.2) is 18.7 Å². The van der Waals surface area contributed by atoms with Gasteiger partial charge in [0.05, 0.1) is 13.1 Å². The fraction of sp³-hybridized carbons (Fsp3) is 0.936. The Kier molecular flexibility index (Phi) is 42.8. The van der Waals surface area contributed by atoms with Gasteiger partial charge in [-0.25, -0.2) is 9.13 Å². The van der Waals surface area contributed by atoms with E-state index in [9.17, 15) is 0 Å². The van der Waals surface area contributed by atoms with Gasteiger partial charge in [0.2, 0.25) is 6.33 Å². The van der Waals surface area contributed by atoms with Crippen molar-refractivity contribution in [1.82, 2.24) is 4.57 Å². The number of nitrogens with zero attached hydrogens (tertiary/aromatic N) is 2. The molecule has 0 spiro atoms. The lowest BCUT2D eigenvalue weighted by Gasteiger charge is -2.04. The zero-order valence-electron chi connectivity index (χ0n) is 34.7. The van der Waals surface area contributed by atoms with Gasteiger partial charge >= 0.3 is 0 Å². The van der Waals surface area contributed by atoms with Gasteiger partial charge in [0.15, 0.2) is 0 Å². The van der Waals surface area contributed by atoms with E-state index in [4.69, 9.17) is 0 Å². The summed E-state index contributed by atoms with van der Waals surface area (Å²) in [7, 11) is 0. The summed E-state index contributed by atoms with van der Waals surface area (Å²) >= 11 is 0. The third kappa shape index (κ3) is 37.4. The molecule has 0 aromatic carbocycles. The average Bonchev–Trinajstić information content (AvgIpc) is 3.57. The van der Waals surface area contributed by atoms with E-state index in [0.717, 1.165) is 0 Å². The van der Waals surface area contributed by atoms with Gasteiger partial charge in [-0.15, -0.1) is 0 Å². The highest BCUT2D eigenvalue weighted by Crippen LogP contribution is 2.17. The van der Waals surface area contributed by atoms with Gasteiger partial charge in [0.1, 0.15) is 12.4 Å². The molecule has 298 valence electrons. The molecule has 0 amide bonds. The first kappa shape index (κ1) is 49.7. The van der Waals surface area contributed by atoms with Crippen molar-refractivity contribution < 1.29 is 21.5 Å². The van der Waals surface area contributed by atoms with Crippen LogP contribution in [0.2, 0.25) is 0 Å². The molecule has 0 atom stereocenters. The van der Waals surface area contributed by atoms with Crippen LogP contribution in [-0.2, 0) is 13.1 Å². The fourth-order valence-electron chi connectivity index (χ4n) is 7.80. The first-order valence-electron chi connectivity index (χ1n) is 23.4. The van der Waals surface area contributed by atoms with Crippen LogP contribution in [-0.4, -0.2) is 4.57 Å². The van der Waals surface area contributed by atoms with Crippen LogP contribution >= 0.6 is 0 Å². The van der Waals surface area contributed by atoms with Crippen molar-refractivity contribution in [1.29, 1.82) is 0 Å². The van der Waals surface area contributed by atoms with Crippen molar-refractivity contribution in [3.63, 3.8) is 0 Å². The summed E-state index contributed by atoms with van der Waals surface area (Å²) < 4.78 is 4.84. The second-order valence-corrected chi connectivity index (χ2v) is 16.3. The van der Waals surface area contributed by atoms with Crippen molar-refractivity contribution in [3.8, 4) is 0 Å². The lowest BCUT2D eigenvalue weighted by molar-refractivity contribution is -0.696. The molecule has 1 aromatic heterocycles. The normalized spacial score (nSPS) is 11.4. The van der Waals surface area contributed by atoms with Gasteiger partial charge in [-0.3, -0.25) is 0 Å². The summed E-state index contributed by atoms with van der Waals surface area (Å²) in [5, 5.41) is 0. The zero-order valence-corrected chi connectivity index (χ0v) is 36.3. The van der Waals surface area contributed by atoms with E-state index in [2.05, 4.69) is 41.7 Å². The van der Waals surface area contributed by atoms with Crippen LogP contribution in [0.5, 0.6) is 0 Å². The molecule has 1 aromatic rings. The molecular formula is C47H93BrN2. The Balaban J connectivity index is 0.0000240. The maximum Gasteiger partial charge on any atom is 0.243 e. The van der Waals surface area contributed by atoms with Crippen LogP contribution in [0.4, 0.5) is 0 Å². The second kappa shape index (κ2) is 43.1. The number of unbranched alkanes of at least 4 members (excludes halogenated alkanes) is 38. The molecule has 0 aliphatic heterocycles. The van der Waals surface area contributed by atoms with Crippen molar-refractivity contribution in [2.75, 3.05) is 0 Å². The van der Waals surface area contributed by atoms with Gasteiger partial charge in [0.25, 0.3) is 0 Å². The quantitative estimate of drug-likeness (QED) is 0.0463. The monoisotopic (exact) mass is 765 g/mol. The molecular weight excluding hydrogens is 672 g/mol. The van der Waals surface area contributed by atoms with E-state index >= 15 is 0 Å². The molecule has 1 heterocycles. The first-order valence-corrected chi connectivity index (χ1v) is 23.4. The number of hydrogen-bond donors (Lipinski definition) is 0. The van der Waals surface area contributed by atoms with E-state index in [0.29, 0.717) is 0 Å². The molecule has 0 aliphatic rings. The Bertz CT molecular complexity index is 672. The van der Waals surface area contributed by atoms with E-state index in [1.54, 1.807) is 0 Å². The Morgan fingerprint density at radius 2 is 0.560 bits per heavy atom. The molecule has 0 bridgehead atoms. The van der Waals surface area contributed by atoms with Crippen molar-refractivity contribution in [3.05, 3.63) is 18.7 Å². The Morgan fingerprint density at radius 3 is 0.840 bits per heavy atom. The van der Waals surface area contributed by atoms with Gasteiger partial charge < -0.3 is 17.0 Å². The van der Waals surface area contributed by atoms with Gasteiger partial charge in [-0.1, -0.05) is 245 Å². The van der Waals surface area contributed by atoms with E-state index < -0.39 is 0 Å². The number of aryl methyl sites for hydroxylation is 2. The molecule has 0 radical (unpaired) electrons. The number of imidazole rings is 1. The Hall–Kier alpha value is -0.310. The summed E-state index contributed by atoms with van der Waals surface area (Å²) in [5.74, 6) is 0. The van der Waals surface area contributed by atoms with Crippen molar-refractivity contribution in [2.45, 2.75) is 284 Å². The molecule has 0 N–H and O–H groups in total. The van der Waals surface area contributed by atoms with E-state index in [1.807, 2.05) is 0 Å². The summed E-state index contributed by atoms with van der Waals surface area (Å²) in [6.07, 6.45) is 65.1. The number of halogens is 1. The molecule has 0 fully saturated rings. The number of aromatic nitrogens is 2. The summed E-state index contributed by atoms with van der Waals surface area (Å²) in [5.41, 5.74) is 0. The molecule has 2 nitrogen and oxygen atoms in total. The van der Waals surface area contributed by atoms with Crippen LogP contribution < -0.4 is 21.5 Å². The summed E-state index contributed by atoms with van der Waals surface area (Å²) in [6, 6.07) is 0. The minimum Gasteiger partial charge on any atom is -1.00 e. The SMILES string of the molecule is CCCCCCCCCCCCCCCCCCCCCCn1cc[n+](CCCCCCCCCCCCCCCCCCCCCC)c1.[Br-]. The van der Waals surface area contributed by atoms with Gasteiger partial charge in [-0.2, -0.15) is 0 Å². The lowest BCUT2D eigenvalue weighted by atomic mass is 10.0. The predicted octanol–water partition coefficient (Wildman–Crippen LogP) is 13.4. The highest BCUT2D eigenvalue weighted by molar-refractivity contribution is 4.66. The highest BCUT2D eigenvalue weighted by atomic mass is 79.9. The summed E-state index contributed by atoms with van der Waals surface area (Å²) in [4.78, 5) is 0.